The summed E-state index contributed by atoms with van der Waals surface area (Å²) in [6.07, 6.45) is 0. The fraction of sp³-hybridized carbons (Fsp3) is 0.500. The monoisotopic (exact) mass is 338 g/mol. The molecule has 0 unspecified atom stereocenters. The van der Waals surface area contributed by atoms with Crippen LogP contribution < -0.4 is 10.1 Å². The molecule has 0 aromatic heterocycles. The molecule has 1 saturated heterocycles. The van der Waals surface area contributed by atoms with Crippen molar-refractivity contribution in [3.05, 3.63) is 29.8 Å². The largest absolute Gasteiger partial charge is 0.497 e. The molecule has 1 fully saturated rings. The highest BCUT2D eigenvalue weighted by molar-refractivity contribution is 8.00. The number of ether oxygens (including phenoxy) is 2. The van der Waals surface area contributed by atoms with Gasteiger partial charge in [-0.1, -0.05) is 12.1 Å². The number of carbonyl (C=O) groups is 2. The first-order valence-corrected chi connectivity index (χ1v) is 8.46. The zero-order valence-corrected chi connectivity index (χ0v) is 14.4. The van der Waals surface area contributed by atoms with Crippen LogP contribution in [-0.4, -0.2) is 55.9 Å². The van der Waals surface area contributed by atoms with Crippen LogP contribution in [-0.2, 0) is 14.3 Å². The standard InChI is InChI=1S/C16H22N2O4S/c1-11(15(20)17-8-9-21-2)18-14(19)10-23-16(18)12-4-6-13(22-3)7-5-12/h4-7,11,16H,8-10H2,1-3H3,(H,17,20)/t11-,16+/m1/s1. The lowest BCUT2D eigenvalue weighted by Crippen LogP contribution is -2.47. The SMILES string of the molecule is COCCNC(=O)[C@@H](C)N1C(=O)CS[C@H]1c1ccc(OC)cc1. The van der Waals surface area contributed by atoms with Gasteiger partial charge < -0.3 is 19.7 Å². The summed E-state index contributed by atoms with van der Waals surface area (Å²) in [5.41, 5.74) is 0.984. The van der Waals surface area contributed by atoms with Crippen LogP contribution in [0.2, 0.25) is 0 Å². The Balaban J connectivity index is 2.10. The van der Waals surface area contributed by atoms with Crippen molar-refractivity contribution < 1.29 is 19.1 Å². The fourth-order valence-corrected chi connectivity index (χ4v) is 3.69. The van der Waals surface area contributed by atoms with Crippen LogP contribution in [0.1, 0.15) is 17.9 Å². The normalized spacial score (nSPS) is 18.8. The van der Waals surface area contributed by atoms with E-state index in [1.165, 1.54) is 11.8 Å². The number of thioether (sulfide) groups is 1. The van der Waals surface area contributed by atoms with E-state index in [9.17, 15) is 9.59 Å². The predicted octanol–water partition coefficient (Wildman–Crippen LogP) is 1.42. The molecule has 0 spiro atoms. The van der Waals surface area contributed by atoms with Crippen LogP contribution in [0, 0.1) is 0 Å². The number of hydrogen-bond acceptors (Lipinski definition) is 5. The Kier molecular flexibility index (Phi) is 6.29. The summed E-state index contributed by atoms with van der Waals surface area (Å²) in [4.78, 5) is 26.1. The lowest BCUT2D eigenvalue weighted by Gasteiger charge is -2.29. The van der Waals surface area contributed by atoms with Crippen molar-refractivity contribution in [2.75, 3.05) is 33.1 Å². The third kappa shape index (κ3) is 4.17. The lowest BCUT2D eigenvalue weighted by molar-refractivity contribution is -0.137. The molecule has 2 amide bonds. The van der Waals surface area contributed by atoms with Crippen molar-refractivity contribution >= 4 is 23.6 Å². The number of amides is 2. The van der Waals surface area contributed by atoms with Crippen LogP contribution >= 0.6 is 11.8 Å². The van der Waals surface area contributed by atoms with Crippen LogP contribution in [0.5, 0.6) is 5.75 Å². The first-order chi connectivity index (χ1) is 11.1. The highest BCUT2D eigenvalue weighted by atomic mass is 32.2. The highest BCUT2D eigenvalue weighted by Crippen LogP contribution is 2.40. The van der Waals surface area contributed by atoms with Gasteiger partial charge >= 0.3 is 0 Å². The van der Waals surface area contributed by atoms with E-state index in [2.05, 4.69) is 5.32 Å². The molecule has 1 N–H and O–H groups in total. The molecule has 6 nitrogen and oxygen atoms in total. The number of carbonyl (C=O) groups excluding carboxylic acids is 2. The molecule has 7 heteroatoms. The van der Waals surface area contributed by atoms with E-state index in [-0.39, 0.29) is 17.2 Å². The molecule has 2 atom stereocenters. The van der Waals surface area contributed by atoms with E-state index in [1.54, 1.807) is 26.0 Å². The summed E-state index contributed by atoms with van der Waals surface area (Å²) in [6.45, 7) is 2.63. The Morgan fingerprint density at radius 2 is 2.09 bits per heavy atom. The van der Waals surface area contributed by atoms with Gasteiger partial charge in [-0.3, -0.25) is 9.59 Å². The van der Waals surface area contributed by atoms with E-state index in [4.69, 9.17) is 9.47 Å². The number of nitrogens with one attached hydrogen (secondary N) is 1. The molecule has 0 saturated carbocycles. The van der Waals surface area contributed by atoms with Gasteiger partial charge in [0.2, 0.25) is 11.8 Å². The molecule has 0 radical (unpaired) electrons. The molecule has 23 heavy (non-hydrogen) atoms. The molecule has 1 heterocycles. The lowest BCUT2D eigenvalue weighted by atomic mass is 10.1. The number of methoxy groups -OCH3 is 2. The molecule has 1 aliphatic heterocycles. The third-order valence-electron chi connectivity index (χ3n) is 3.71. The highest BCUT2D eigenvalue weighted by Gasteiger charge is 2.38. The van der Waals surface area contributed by atoms with E-state index in [0.29, 0.717) is 18.9 Å². The summed E-state index contributed by atoms with van der Waals surface area (Å²) in [5, 5.41) is 2.63. The van der Waals surface area contributed by atoms with Gasteiger partial charge in [0.1, 0.15) is 17.2 Å². The number of hydrogen-bond donors (Lipinski definition) is 1. The van der Waals surface area contributed by atoms with Gasteiger partial charge in [-0.05, 0) is 24.6 Å². The van der Waals surface area contributed by atoms with Gasteiger partial charge in [-0.25, -0.2) is 0 Å². The molecule has 1 aliphatic rings. The Morgan fingerprint density at radius 3 is 2.70 bits per heavy atom. The van der Waals surface area contributed by atoms with Crippen molar-refractivity contribution in [1.29, 1.82) is 0 Å². The second-order valence-corrected chi connectivity index (χ2v) is 6.27. The van der Waals surface area contributed by atoms with Gasteiger partial charge in [0, 0.05) is 13.7 Å². The molecular formula is C16H22N2O4S. The predicted molar refractivity (Wildman–Crippen MR) is 89.4 cm³/mol. The minimum absolute atomic E-state index is 0.0230. The second-order valence-electron chi connectivity index (χ2n) is 5.20. The Hall–Kier alpha value is -1.73. The Morgan fingerprint density at radius 1 is 1.39 bits per heavy atom. The van der Waals surface area contributed by atoms with Gasteiger partial charge in [-0.2, -0.15) is 0 Å². The van der Waals surface area contributed by atoms with Gasteiger partial charge in [0.25, 0.3) is 0 Å². The first-order valence-electron chi connectivity index (χ1n) is 7.42. The Labute approximate surface area is 140 Å². The first kappa shape index (κ1) is 17.6. The Bertz CT molecular complexity index is 550. The maximum atomic E-state index is 12.2. The average molecular weight is 338 g/mol. The quantitative estimate of drug-likeness (QED) is 0.762. The minimum atomic E-state index is -0.526. The van der Waals surface area contributed by atoms with Crippen molar-refractivity contribution in [2.24, 2.45) is 0 Å². The maximum Gasteiger partial charge on any atom is 0.242 e. The molecule has 1 aromatic carbocycles. The number of rotatable bonds is 7. The van der Waals surface area contributed by atoms with Gasteiger partial charge in [-0.15, -0.1) is 11.8 Å². The molecular weight excluding hydrogens is 316 g/mol. The zero-order chi connectivity index (χ0) is 16.8. The van der Waals surface area contributed by atoms with Crippen molar-refractivity contribution in [3.8, 4) is 5.75 Å². The molecule has 1 aromatic rings. The van der Waals surface area contributed by atoms with E-state index < -0.39 is 6.04 Å². The average Bonchev–Trinajstić information content (AvgIpc) is 2.96. The molecule has 0 aliphatic carbocycles. The number of nitrogens with zero attached hydrogens (tertiary/aromatic N) is 1. The fourth-order valence-electron chi connectivity index (χ4n) is 2.43. The van der Waals surface area contributed by atoms with Crippen molar-refractivity contribution in [2.45, 2.75) is 18.3 Å². The van der Waals surface area contributed by atoms with Crippen LogP contribution in [0.4, 0.5) is 0 Å². The van der Waals surface area contributed by atoms with E-state index in [0.717, 1.165) is 11.3 Å². The molecule has 2 rings (SSSR count). The summed E-state index contributed by atoms with van der Waals surface area (Å²) in [7, 11) is 3.19. The zero-order valence-electron chi connectivity index (χ0n) is 13.6. The summed E-state index contributed by atoms with van der Waals surface area (Å²) >= 11 is 1.53. The summed E-state index contributed by atoms with van der Waals surface area (Å²) < 4.78 is 10.1. The van der Waals surface area contributed by atoms with Crippen LogP contribution in [0.25, 0.3) is 0 Å². The summed E-state index contributed by atoms with van der Waals surface area (Å²) in [5.74, 6) is 0.952. The molecule has 126 valence electrons. The molecule has 0 bridgehead atoms. The smallest absolute Gasteiger partial charge is 0.242 e. The third-order valence-corrected chi connectivity index (χ3v) is 4.94. The van der Waals surface area contributed by atoms with Gasteiger partial charge in [0.05, 0.1) is 19.5 Å². The van der Waals surface area contributed by atoms with Crippen molar-refractivity contribution in [3.63, 3.8) is 0 Å². The second kappa shape index (κ2) is 8.21. The summed E-state index contributed by atoms with van der Waals surface area (Å²) in [6, 6.07) is 7.05. The number of benzene rings is 1. The van der Waals surface area contributed by atoms with Crippen molar-refractivity contribution in [1.82, 2.24) is 10.2 Å². The van der Waals surface area contributed by atoms with Crippen LogP contribution in [0.15, 0.2) is 24.3 Å². The minimum Gasteiger partial charge on any atom is -0.497 e. The topological polar surface area (TPSA) is 67.9 Å². The van der Waals surface area contributed by atoms with Gasteiger partial charge in [0.15, 0.2) is 0 Å². The van der Waals surface area contributed by atoms with E-state index in [1.807, 2.05) is 24.3 Å². The maximum absolute atomic E-state index is 12.2. The van der Waals surface area contributed by atoms with Crippen LogP contribution in [0.3, 0.4) is 0 Å². The van der Waals surface area contributed by atoms with E-state index >= 15 is 0 Å².